The molecular formula is C10H20O2. The number of aliphatic hydroxyl groups excluding tert-OH is 1. The second-order valence-electron chi connectivity index (χ2n) is 3.61. The molecule has 0 bridgehead atoms. The van der Waals surface area contributed by atoms with E-state index in [1.54, 1.807) is 0 Å². The highest BCUT2D eigenvalue weighted by atomic mass is 16.5. The van der Waals surface area contributed by atoms with Crippen molar-refractivity contribution >= 4 is 0 Å². The molecule has 72 valence electrons. The van der Waals surface area contributed by atoms with Crippen molar-refractivity contribution in [3.63, 3.8) is 0 Å². The fraction of sp³-hybridized carbons (Fsp3) is 1.00. The monoisotopic (exact) mass is 172 g/mol. The minimum absolute atomic E-state index is 0.118. The van der Waals surface area contributed by atoms with E-state index in [0.717, 1.165) is 32.3 Å². The van der Waals surface area contributed by atoms with Crippen LogP contribution in [-0.4, -0.2) is 23.9 Å². The minimum Gasteiger partial charge on any atom is -0.390 e. The lowest BCUT2D eigenvalue weighted by molar-refractivity contribution is -0.0302. The van der Waals surface area contributed by atoms with Crippen LogP contribution in [-0.2, 0) is 4.74 Å². The van der Waals surface area contributed by atoms with Crippen molar-refractivity contribution < 1.29 is 9.84 Å². The van der Waals surface area contributed by atoms with Crippen LogP contribution in [0.15, 0.2) is 0 Å². The van der Waals surface area contributed by atoms with Crippen LogP contribution in [0.25, 0.3) is 0 Å². The van der Waals surface area contributed by atoms with E-state index in [9.17, 15) is 5.11 Å². The lowest BCUT2D eigenvalue weighted by atomic mass is 10.0. The molecule has 1 heterocycles. The Morgan fingerprint density at radius 2 is 2.25 bits per heavy atom. The molecule has 0 radical (unpaired) electrons. The fourth-order valence-corrected chi connectivity index (χ4v) is 1.67. The third kappa shape index (κ3) is 3.11. The van der Waals surface area contributed by atoms with Crippen LogP contribution in [0.2, 0.25) is 0 Å². The Balaban J connectivity index is 2.26. The quantitative estimate of drug-likeness (QED) is 0.706. The van der Waals surface area contributed by atoms with Gasteiger partial charge in [-0.15, -0.1) is 0 Å². The summed E-state index contributed by atoms with van der Waals surface area (Å²) >= 11 is 0. The van der Waals surface area contributed by atoms with E-state index in [1.807, 2.05) is 0 Å². The van der Waals surface area contributed by atoms with Crippen LogP contribution in [0.1, 0.15) is 45.4 Å². The Bertz CT molecular complexity index is 114. The van der Waals surface area contributed by atoms with Crippen molar-refractivity contribution in [2.24, 2.45) is 0 Å². The predicted octanol–water partition coefficient (Wildman–Crippen LogP) is 2.11. The number of hydrogen-bond donors (Lipinski definition) is 1. The summed E-state index contributed by atoms with van der Waals surface area (Å²) in [6.45, 7) is 3.01. The first-order valence-corrected chi connectivity index (χ1v) is 5.14. The van der Waals surface area contributed by atoms with E-state index < -0.39 is 0 Å². The van der Waals surface area contributed by atoms with Crippen LogP contribution in [0.4, 0.5) is 0 Å². The summed E-state index contributed by atoms with van der Waals surface area (Å²) in [5.74, 6) is 0. The van der Waals surface area contributed by atoms with Crippen molar-refractivity contribution in [1.29, 1.82) is 0 Å². The molecule has 0 aromatic heterocycles. The summed E-state index contributed by atoms with van der Waals surface area (Å²) in [7, 11) is 0. The zero-order valence-corrected chi connectivity index (χ0v) is 7.96. The highest BCUT2D eigenvalue weighted by Crippen LogP contribution is 2.18. The summed E-state index contributed by atoms with van der Waals surface area (Å²) in [4.78, 5) is 0. The summed E-state index contributed by atoms with van der Waals surface area (Å²) < 4.78 is 5.57. The van der Waals surface area contributed by atoms with Crippen LogP contribution < -0.4 is 0 Å². The van der Waals surface area contributed by atoms with Gasteiger partial charge < -0.3 is 9.84 Å². The summed E-state index contributed by atoms with van der Waals surface area (Å²) in [5, 5.41) is 9.65. The summed E-state index contributed by atoms with van der Waals surface area (Å²) in [5.41, 5.74) is 0. The largest absolute Gasteiger partial charge is 0.390 e. The number of hydrogen-bond acceptors (Lipinski definition) is 2. The molecule has 12 heavy (non-hydrogen) atoms. The molecule has 1 saturated heterocycles. The van der Waals surface area contributed by atoms with Gasteiger partial charge >= 0.3 is 0 Å². The third-order valence-electron chi connectivity index (χ3n) is 2.50. The maximum Gasteiger partial charge on any atom is 0.0833 e. The van der Waals surface area contributed by atoms with Crippen molar-refractivity contribution in [1.82, 2.24) is 0 Å². The second kappa shape index (κ2) is 5.55. The molecule has 0 aliphatic carbocycles. The average molecular weight is 172 g/mol. The van der Waals surface area contributed by atoms with Crippen molar-refractivity contribution in [3.8, 4) is 0 Å². The molecule has 2 unspecified atom stereocenters. The van der Waals surface area contributed by atoms with E-state index in [2.05, 4.69) is 6.92 Å². The zero-order chi connectivity index (χ0) is 8.81. The first-order valence-electron chi connectivity index (χ1n) is 5.14. The summed E-state index contributed by atoms with van der Waals surface area (Å²) in [6, 6.07) is 0. The molecule has 0 spiro atoms. The minimum atomic E-state index is -0.209. The highest BCUT2D eigenvalue weighted by Gasteiger charge is 2.21. The van der Waals surface area contributed by atoms with Crippen LogP contribution in [0, 0.1) is 0 Å². The number of rotatable bonds is 3. The topological polar surface area (TPSA) is 29.5 Å². The lowest BCUT2D eigenvalue weighted by Gasteiger charge is -2.19. The van der Waals surface area contributed by atoms with Gasteiger partial charge in [0.2, 0.25) is 0 Å². The van der Waals surface area contributed by atoms with Crippen LogP contribution in [0.3, 0.4) is 0 Å². The molecule has 1 fully saturated rings. The Labute approximate surface area is 74.9 Å². The standard InChI is InChI=1S/C10H20O2/c1-2-3-7-10-9(11)6-4-5-8-12-10/h9-11H,2-8H2,1H3. The Morgan fingerprint density at radius 1 is 1.42 bits per heavy atom. The van der Waals surface area contributed by atoms with Gasteiger partial charge in [-0.2, -0.15) is 0 Å². The number of ether oxygens (including phenoxy) is 1. The second-order valence-corrected chi connectivity index (χ2v) is 3.61. The fourth-order valence-electron chi connectivity index (χ4n) is 1.67. The molecule has 0 saturated carbocycles. The van der Waals surface area contributed by atoms with E-state index in [1.165, 1.54) is 12.8 Å². The van der Waals surface area contributed by atoms with Gasteiger partial charge in [0.15, 0.2) is 0 Å². The van der Waals surface area contributed by atoms with Gasteiger partial charge in [0.25, 0.3) is 0 Å². The van der Waals surface area contributed by atoms with Gasteiger partial charge in [0.1, 0.15) is 0 Å². The normalized spacial score (nSPS) is 31.5. The number of aliphatic hydroxyl groups is 1. The molecule has 1 N–H and O–H groups in total. The first-order chi connectivity index (χ1) is 5.84. The molecule has 1 aliphatic rings. The molecule has 2 atom stereocenters. The molecule has 2 heteroatoms. The lowest BCUT2D eigenvalue weighted by Crippen LogP contribution is -2.27. The molecule has 2 nitrogen and oxygen atoms in total. The van der Waals surface area contributed by atoms with E-state index >= 15 is 0 Å². The van der Waals surface area contributed by atoms with Crippen LogP contribution in [0.5, 0.6) is 0 Å². The first kappa shape index (κ1) is 10.0. The smallest absolute Gasteiger partial charge is 0.0833 e. The van der Waals surface area contributed by atoms with Gasteiger partial charge in [-0.25, -0.2) is 0 Å². The van der Waals surface area contributed by atoms with Gasteiger partial charge in [0.05, 0.1) is 12.2 Å². The number of unbranched alkanes of at least 4 members (excludes halogenated alkanes) is 1. The van der Waals surface area contributed by atoms with Gasteiger partial charge in [-0.1, -0.05) is 19.8 Å². The van der Waals surface area contributed by atoms with Crippen molar-refractivity contribution in [3.05, 3.63) is 0 Å². The van der Waals surface area contributed by atoms with E-state index in [0.29, 0.717) is 0 Å². The average Bonchev–Trinajstić information content (AvgIpc) is 2.27. The van der Waals surface area contributed by atoms with Crippen LogP contribution >= 0.6 is 0 Å². The third-order valence-corrected chi connectivity index (χ3v) is 2.50. The Kier molecular flexibility index (Phi) is 4.62. The Hall–Kier alpha value is -0.0800. The van der Waals surface area contributed by atoms with E-state index in [4.69, 9.17) is 4.74 Å². The SMILES string of the molecule is CCCCC1OCCCCC1O. The summed E-state index contributed by atoms with van der Waals surface area (Å²) in [6.07, 6.45) is 6.44. The highest BCUT2D eigenvalue weighted by molar-refractivity contribution is 4.71. The molecular weight excluding hydrogens is 152 g/mol. The van der Waals surface area contributed by atoms with Gasteiger partial charge in [0, 0.05) is 6.61 Å². The van der Waals surface area contributed by atoms with Crippen molar-refractivity contribution in [2.75, 3.05) is 6.61 Å². The maximum absolute atomic E-state index is 9.65. The van der Waals surface area contributed by atoms with E-state index in [-0.39, 0.29) is 12.2 Å². The van der Waals surface area contributed by atoms with Gasteiger partial charge in [-0.05, 0) is 25.7 Å². The zero-order valence-electron chi connectivity index (χ0n) is 7.96. The Morgan fingerprint density at radius 3 is 3.00 bits per heavy atom. The molecule has 0 amide bonds. The maximum atomic E-state index is 9.65. The molecule has 0 aromatic rings. The molecule has 1 aliphatic heterocycles. The molecule has 0 aromatic carbocycles. The van der Waals surface area contributed by atoms with Gasteiger partial charge in [-0.3, -0.25) is 0 Å². The molecule has 1 rings (SSSR count). The van der Waals surface area contributed by atoms with Crippen molar-refractivity contribution in [2.45, 2.75) is 57.7 Å². The predicted molar refractivity (Wildman–Crippen MR) is 49.1 cm³/mol.